The molecule has 0 aromatic carbocycles. The Hall–Kier alpha value is -1.39. The molecule has 110 valence electrons. The molecule has 0 bridgehead atoms. The molecule has 0 heterocycles. The highest BCUT2D eigenvalue weighted by Gasteiger charge is 2.12. The molecule has 0 fully saturated rings. The first-order valence-electron chi connectivity index (χ1n) is 6.82. The molecular formula is C14H23FO4. The third-order valence-corrected chi connectivity index (χ3v) is 2.41. The summed E-state index contributed by atoms with van der Waals surface area (Å²) < 4.78 is 22.6. The molecule has 0 aliphatic rings. The molecule has 19 heavy (non-hydrogen) atoms. The van der Waals surface area contributed by atoms with Gasteiger partial charge in [0.05, 0.1) is 19.3 Å². The standard InChI is InChI=1S/C14H23FO4/c1-3-5-7-9-18-13(16)11-12(15)14(17)19-10-8-6-4-2/h11H,3-10H2,1-2H3/b12-11+. The number of carbonyl (C=O) groups excluding carboxylic acids is 2. The van der Waals surface area contributed by atoms with Crippen molar-refractivity contribution in [2.45, 2.75) is 52.4 Å². The summed E-state index contributed by atoms with van der Waals surface area (Å²) in [6.07, 6.45) is 5.81. The fraction of sp³-hybridized carbons (Fsp3) is 0.714. The fourth-order valence-corrected chi connectivity index (χ4v) is 1.31. The Balaban J connectivity index is 3.88. The lowest BCUT2D eigenvalue weighted by atomic mass is 10.3. The van der Waals surface area contributed by atoms with Crippen LogP contribution in [-0.4, -0.2) is 25.2 Å². The van der Waals surface area contributed by atoms with Gasteiger partial charge in [0.2, 0.25) is 5.83 Å². The molecule has 0 saturated heterocycles. The van der Waals surface area contributed by atoms with Gasteiger partial charge in [-0.3, -0.25) is 0 Å². The van der Waals surface area contributed by atoms with Crippen molar-refractivity contribution in [1.82, 2.24) is 0 Å². The highest BCUT2D eigenvalue weighted by atomic mass is 19.1. The summed E-state index contributed by atoms with van der Waals surface area (Å²) in [5.74, 6) is -3.17. The van der Waals surface area contributed by atoms with Gasteiger partial charge in [-0.15, -0.1) is 0 Å². The number of hydrogen-bond acceptors (Lipinski definition) is 4. The van der Waals surface area contributed by atoms with Crippen molar-refractivity contribution in [2.24, 2.45) is 0 Å². The summed E-state index contributed by atoms with van der Waals surface area (Å²) in [4.78, 5) is 22.3. The lowest BCUT2D eigenvalue weighted by molar-refractivity contribution is -0.143. The fourth-order valence-electron chi connectivity index (χ4n) is 1.31. The molecule has 0 aliphatic carbocycles. The largest absolute Gasteiger partial charge is 0.462 e. The molecular weight excluding hydrogens is 251 g/mol. The first-order valence-corrected chi connectivity index (χ1v) is 6.82. The van der Waals surface area contributed by atoms with E-state index in [9.17, 15) is 14.0 Å². The van der Waals surface area contributed by atoms with Crippen LogP contribution in [0.4, 0.5) is 4.39 Å². The Kier molecular flexibility index (Phi) is 10.8. The van der Waals surface area contributed by atoms with Crippen LogP contribution >= 0.6 is 0 Å². The number of ether oxygens (including phenoxy) is 2. The number of hydrogen-bond donors (Lipinski definition) is 0. The molecule has 4 nitrogen and oxygen atoms in total. The van der Waals surface area contributed by atoms with Gasteiger partial charge in [-0.25, -0.2) is 9.59 Å². The molecule has 0 atom stereocenters. The van der Waals surface area contributed by atoms with Crippen LogP contribution in [0, 0.1) is 0 Å². The highest BCUT2D eigenvalue weighted by molar-refractivity contribution is 5.94. The second kappa shape index (κ2) is 11.7. The Bertz CT molecular complexity index is 300. The van der Waals surface area contributed by atoms with Gasteiger partial charge in [-0.2, -0.15) is 4.39 Å². The normalized spacial score (nSPS) is 11.2. The van der Waals surface area contributed by atoms with E-state index in [0.717, 1.165) is 32.1 Å². The minimum atomic E-state index is -1.21. The average Bonchev–Trinajstić information content (AvgIpc) is 2.39. The van der Waals surface area contributed by atoms with Crippen molar-refractivity contribution in [2.75, 3.05) is 13.2 Å². The molecule has 0 N–H and O–H groups in total. The maximum Gasteiger partial charge on any atom is 0.367 e. The summed E-state index contributed by atoms with van der Waals surface area (Å²) in [6, 6.07) is 0. The monoisotopic (exact) mass is 274 g/mol. The van der Waals surface area contributed by atoms with E-state index in [-0.39, 0.29) is 13.2 Å². The predicted molar refractivity (Wildman–Crippen MR) is 70.2 cm³/mol. The lowest BCUT2D eigenvalue weighted by Crippen LogP contribution is -2.09. The summed E-state index contributed by atoms with van der Waals surface area (Å²) in [7, 11) is 0. The van der Waals surface area contributed by atoms with Gasteiger partial charge in [0.15, 0.2) is 0 Å². The molecule has 0 radical (unpaired) electrons. The maximum atomic E-state index is 13.2. The number of carbonyl (C=O) groups is 2. The summed E-state index contributed by atoms with van der Waals surface area (Å²) in [6.45, 7) is 4.44. The van der Waals surface area contributed by atoms with Crippen LogP contribution in [-0.2, 0) is 19.1 Å². The van der Waals surface area contributed by atoms with Crippen LogP contribution in [0.1, 0.15) is 52.4 Å². The quantitative estimate of drug-likeness (QED) is 0.348. The zero-order chi connectivity index (χ0) is 14.5. The molecule has 0 rings (SSSR count). The molecule has 0 amide bonds. The van der Waals surface area contributed by atoms with Gasteiger partial charge < -0.3 is 9.47 Å². The summed E-state index contributed by atoms with van der Waals surface area (Å²) >= 11 is 0. The molecule has 0 aromatic rings. The van der Waals surface area contributed by atoms with Crippen LogP contribution < -0.4 is 0 Å². The number of halogens is 1. The Morgan fingerprint density at radius 1 is 0.947 bits per heavy atom. The summed E-state index contributed by atoms with van der Waals surface area (Å²) in [5, 5.41) is 0. The predicted octanol–water partition coefficient (Wildman–Crippen LogP) is 3.31. The second-order valence-corrected chi connectivity index (χ2v) is 4.21. The van der Waals surface area contributed by atoms with E-state index in [4.69, 9.17) is 4.74 Å². The zero-order valence-electron chi connectivity index (χ0n) is 11.7. The van der Waals surface area contributed by atoms with Crippen molar-refractivity contribution in [3.05, 3.63) is 11.9 Å². The average molecular weight is 274 g/mol. The van der Waals surface area contributed by atoms with Crippen molar-refractivity contribution in [1.29, 1.82) is 0 Å². The van der Waals surface area contributed by atoms with Crippen molar-refractivity contribution >= 4 is 11.9 Å². The smallest absolute Gasteiger partial charge is 0.367 e. The van der Waals surface area contributed by atoms with Crippen molar-refractivity contribution < 1.29 is 23.5 Å². The first kappa shape index (κ1) is 17.6. The van der Waals surface area contributed by atoms with Crippen LogP contribution in [0.3, 0.4) is 0 Å². The number of esters is 2. The molecule has 5 heteroatoms. The molecule has 0 aliphatic heterocycles. The molecule has 0 unspecified atom stereocenters. The maximum absolute atomic E-state index is 13.2. The van der Waals surface area contributed by atoms with Gasteiger partial charge in [-0.05, 0) is 12.8 Å². The lowest BCUT2D eigenvalue weighted by Gasteiger charge is -2.03. The highest BCUT2D eigenvalue weighted by Crippen LogP contribution is 2.03. The first-order chi connectivity index (χ1) is 9.11. The molecule has 0 aromatic heterocycles. The second-order valence-electron chi connectivity index (χ2n) is 4.21. The van der Waals surface area contributed by atoms with E-state index in [1.165, 1.54) is 0 Å². The Morgan fingerprint density at radius 2 is 1.47 bits per heavy atom. The van der Waals surface area contributed by atoms with E-state index in [0.29, 0.717) is 12.5 Å². The number of unbranched alkanes of at least 4 members (excludes halogenated alkanes) is 4. The van der Waals surface area contributed by atoms with Gasteiger partial charge in [-0.1, -0.05) is 39.5 Å². The van der Waals surface area contributed by atoms with E-state index >= 15 is 0 Å². The minimum Gasteiger partial charge on any atom is -0.462 e. The third kappa shape index (κ3) is 10.2. The van der Waals surface area contributed by atoms with Crippen LogP contribution in [0.25, 0.3) is 0 Å². The van der Waals surface area contributed by atoms with E-state index in [2.05, 4.69) is 4.74 Å². The van der Waals surface area contributed by atoms with Crippen LogP contribution in [0.5, 0.6) is 0 Å². The minimum absolute atomic E-state index is 0.166. The van der Waals surface area contributed by atoms with E-state index < -0.39 is 17.8 Å². The van der Waals surface area contributed by atoms with Gasteiger partial charge in [0.1, 0.15) is 0 Å². The Morgan fingerprint density at radius 3 is 2.00 bits per heavy atom. The van der Waals surface area contributed by atoms with Gasteiger partial charge in [0, 0.05) is 0 Å². The van der Waals surface area contributed by atoms with Crippen molar-refractivity contribution in [3.63, 3.8) is 0 Å². The SMILES string of the molecule is CCCCCOC(=O)/C=C(/F)C(=O)OCCCCC. The molecule has 0 spiro atoms. The van der Waals surface area contributed by atoms with Gasteiger partial charge in [0.25, 0.3) is 0 Å². The summed E-state index contributed by atoms with van der Waals surface area (Å²) in [5.41, 5.74) is 0. The topological polar surface area (TPSA) is 52.6 Å². The van der Waals surface area contributed by atoms with E-state index in [1.807, 2.05) is 13.8 Å². The molecule has 0 saturated carbocycles. The zero-order valence-corrected chi connectivity index (χ0v) is 11.7. The van der Waals surface area contributed by atoms with Crippen LogP contribution in [0.15, 0.2) is 11.9 Å². The Labute approximate surface area is 114 Å². The third-order valence-electron chi connectivity index (χ3n) is 2.41. The van der Waals surface area contributed by atoms with Crippen LogP contribution in [0.2, 0.25) is 0 Å². The van der Waals surface area contributed by atoms with E-state index in [1.54, 1.807) is 0 Å². The van der Waals surface area contributed by atoms with Crippen molar-refractivity contribution in [3.8, 4) is 0 Å². The number of rotatable bonds is 10. The van der Waals surface area contributed by atoms with Gasteiger partial charge >= 0.3 is 11.9 Å².